The zero-order valence-electron chi connectivity index (χ0n) is 28.0. The van der Waals surface area contributed by atoms with Gasteiger partial charge in [-0.05, 0) is 79.3 Å². The zero-order chi connectivity index (χ0) is 32.5. The summed E-state index contributed by atoms with van der Waals surface area (Å²) in [5.74, 6) is 0.252. The highest BCUT2D eigenvalue weighted by molar-refractivity contribution is 6.23. The fraction of sp³-hybridized carbons (Fsp3) is 0.205. The molecule has 0 radical (unpaired) electrons. The molecule has 0 amide bonds. The maximum absolute atomic E-state index is 5.67. The maximum atomic E-state index is 5.67. The van der Waals surface area contributed by atoms with E-state index in [1.165, 1.54) is 66.1 Å². The topological polar surface area (TPSA) is 25.1 Å². The van der Waals surface area contributed by atoms with Gasteiger partial charge in [-0.1, -0.05) is 63.2 Å². The van der Waals surface area contributed by atoms with E-state index in [1.54, 1.807) is 0 Å². The quantitative estimate of drug-likeness (QED) is 0.155. The minimum Gasteiger partial charge on any atom is -0.293 e. The van der Waals surface area contributed by atoms with Crippen LogP contribution in [0.5, 0.6) is 0 Å². The molecule has 0 aliphatic carbocycles. The van der Waals surface area contributed by atoms with Crippen LogP contribution in [-0.2, 0) is 11.8 Å². The van der Waals surface area contributed by atoms with E-state index in [0.29, 0.717) is 0 Å². The highest BCUT2D eigenvalue weighted by Crippen LogP contribution is 2.46. The van der Waals surface area contributed by atoms with Gasteiger partial charge in [-0.25, -0.2) is 4.98 Å². The third-order valence-corrected chi connectivity index (χ3v) is 11.2. The van der Waals surface area contributed by atoms with Gasteiger partial charge in [-0.15, -0.1) is 0 Å². The SMILES string of the molecule is C=C1C2C(CCc3nc4c(cc3-c3ccc(C)c[n+]31)c1cccc3c5cc(C(C)(C)C)ccc5n4c31)c1ccccc1-c1cccc[n+]12. The van der Waals surface area contributed by atoms with Gasteiger partial charge < -0.3 is 0 Å². The Kier molecular flexibility index (Phi) is 5.55. The molecule has 7 heterocycles. The number of fused-ring (bicyclic) bond motifs is 15. The minimum absolute atomic E-state index is 0.0774. The Morgan fingerprint density at radius 3 is 2.46 bits per heavy atom. The maximum Gasteiger partial charge on any atom is 0.249 e. The van der Waals surface area contributed by atoms with Crippen LogP contribution in [0.25, 0.3) is 66.4 Å². The first kappa shape index (κ1) is 27.7. The predicted molar refractivity (Wildman–Crippen MR) is 195 cm³/mol. The summed E-state index contributed by atoms with van der Waals surface area (Å²) in [5.41, 5.74) is 14.7. The molecule has 8 aromatic rings. The molecule has 0 bridgehead atoms. The van der Waals surface area contributed by atoms with Crippen molar-refractivity contribution < 1.29 is 9.13 Å². The van der Waals surface area contributed by atoms with Crippen LogP contribution in [0.4, 0.5) is 0 Å². The minimum atomic E-state index is 0.0774. The van der Waals surface area contributed by atoms with Crippen LogP contribution in [-0.4, -0.2) is 9.38 Å². The Bertz CT molecular complexity index is 2650. The molecule has 232 valence electrons. The molecule has 4 nitrogen and oxygen atoms in total. The molecular formula is C44H38N4+2. The summed E-state index contributed by atoms with van der Waals surface area (Å²) in [5, 5.41) is 5.07. The molecule has 2 unspecified atom stereocenters. The molecule has 0 spiro atoms. The van der Waals surface area contributed by atoms with Crippen LogP contribution in [0, 0.1) is 6.92 Å². The monoisotopic (exact) mass is 622 g/mol. The lowest BCUT2D eigenvalue weighted by atomic mass is 9.79. The molecule has 10 rings (SSSR count). The van der Waals surface area contributed by atoms with E-state index in [4.69, 9.17) is 11.6 Å². The lowest BCUT2D eigenvalue weighted by Crippen LogP contribution is -2.53. The van der Waals surface area contributed by atoms with Gasteiger partial charge in [0.15, 0.2) is 12.4 Å². The van der Waals surface area contributed by atoms with E-state index in [2.05, 4.69) is 151 Å². The Hall–Kier alpha value is -5.35. The van der Waals surface area contributed by atoms with Gasteiger partial charge in [0.25, 0.3) is 0 Å². The Balaban J connectivity index is 1.27. The van der Waals surface area contributed by atoms with E-state index in [1.807, 2.05) is 0 Å². The number of rotatable bonds is 0. The van der Waals surface area contributed by atoms with Crippen LogP contribution in [0.1, 0.15) is 61.5 Å². The van der Waals surface area contributed by atoms with Gasteiger partial charge in [0.1, 0.15) is 5.65 Å². The fourth-order valence-corrected chi connectivity index (χ4v) is 8.84. The average Bonchev–Trinajstić information content (AvgIpc) is 3.61. The molecule has 0 saturated carbocycles. The van der Waals surface area contributed by atoms with Crippen LogP contribution < -0.4 is 9.13 Å². The smallest absolute Gasteiger partial charge is 0.249 e. The van der Waals surface area contributed by atoms with Gasteiger partial charge >= 0.3 is 0 Å². The van der Waals surface area contributed by atoms with Gasteiger partial charge in [0.2, 0.25) is 23.1 Å². The van der Waals surface area contributed by atoms with Crippen LogP contribution in [0.3, 0.4) is 0 Å². The van der Waals surface area contributed by atoms with E-state index in [-0.39, 0.29) is 17.4 Å². The van der Waals surface area contributed by atoms with Crippen LogP contribution in [0.15, 0.2) is 116 Å². The highest BCUT2D eigenvalue weighted by Gasteiger charge is 2.46. The second kappa shape index (κ2) is 9.60. The second-order valence-corrected chi connectivity index (χ2v) is 15.0. The zero-order valence-corrected chi connectivity index (χ0v) is 28.0. The molecular weight excluding hydrogens is 585 g/mol. The molecule has 2 aliphatic heterocycles. The van der Waals surface area contributed by atoms with Crippen molar-refractivity contribution in [3.8, 4) is 22.5 Å². The van der Waals surface area contributed by atoms with Crippen molar-refractivity contribution in [3.63, 3.8) is 0 Å². The number of pyridine rings is 3. The van der Waals surface area contributed by atoms with E-state index < -0.39 is 0 Å². The van der Waals surface area contributed by atoms with E-state index in [9.17, 15) is 0 Å². The lowest BCUT2D eigenvalue weighted by molar-refractivity contribution is -0.727. The Morgan fingerprint density at radius 1 is 0.792 bits per heavy atom. The molecule has 0 N–H and O–H groups in total. The normalized spacial score (nSPS) is 17.5. The molecule has 3 aromatic carbocycles. The number of para-hydroxylation sites is 1. The largest absolute Gasteiger partial charge is 0.293 e. The van der Waals surface area contributed by atoms with Gasteiger partial charge in [-0.3, -0.25) is 4.40 Å². The molecule has 48 heavy (non-hydrogen) atoms. The summed E-state index contributed by atoms with van der Waals surface area (Å²) in [4.78, 5) is 5.67. The van der Waals surface area contributed by atoms with Crippen molar-refractivity contribution in [2.75, 3.05) is 0 Å². The molecule has 2 aliphatic rings. The first-order valence-electron chi connectivity index (χ1n) is 17.2. The van der Waals surface area contributed by atoms with E-state index in [0.717, 1.165) is 35.6 Å². The third kappa shape index (κ3) is 3.69. The number of hydrogen-bond donors (Lipinski definition) is 0. The van der Waals surface area contributed by atoms with Crippen molar-refractivity contribution >= 4 is 43.9 Å². The summed E-state index contributed by atoms with van der Waals surface area (Å²) >= 11 is 0. The number of allylic oxidation sites excluding steroid dienone is 1. The van der Waals surface area contributed by atoms with E-state index >= 15 is 0 Å². The highest BCUT2D eigenvalue weighted by atomic mass is 15.1. The van der Waals surface area contributed by atoms with Crippen molar-refractivity contribution in [1.29, 1.82) is 0 Å². The summed E-state index contributed by atoms with van der Waals surface area (Å²) in [6, 6.07) is 36.3. The molecule has 0 fully saturated rings. The lowest BCUT2D eigenvalue weighted by Gasteiger charge is -2.29. The second-order valence-electron chi connectivity index (χ2n) is 15.0. The standard InChI is InChI=1S/C44H38N4/c1-26-16-20-39-36-24-35-32-14-10-13-31-34-23-28(44(3,4)5)17-21-40(34)48(42(31)32)43(35)45-37(36)19-18-33-29-11-6-7-12-30(29)38-15-8-9-22-46(38)41(33)27(2)47(39)25-26/h6-17,20-25,33,41H,2,18-19H2,1,3-5H3/q+2. The third-order valence-electron chi connectivity index (χ3n) is 11.2. The first-order chi connectivity index (χ1) is 23.3. The van der Waals surface area contributed by atoms with Crippen molar-refractivity contribution in [2.45, 2.75) is 57.9 Å². The number of aryl methyl sites for hydroxylation is 2. The number of nitrogens with zero attached hydrogens (tertiary/aromatic N) is 4. The van der Waals surface area contributed by atoms with Crippen LogP contribution >= 0.6 is 0 Å². The molecule has 4 heteroatoms. The summed E-state index contributed by atoms with van der Waals surface area (Å²) in [6.07, 6.45) is 6.35. The Morgan fingerprint density at radius 2 is 1.60 bits per heavy atom. The van der Waals surface area contributed by atoms with Gasteiger partial charge in [-0.2, -0.15) is 9.13 Å². The van der Waals surface area contributed by atoms with Gasteiger partial charge in [0.05, 0.1) is 28.2 Å². The van der Waals surface area contributed by atoms with Crippen LogP contribution in [0.2, 0.25) is 0 Å². The first-order valence-corrected chi connectivity index (χ1v) is 17.2. The van der Waals surface area contributed by atoms with Gasteiger partial charge in [0, 0.05) is 50.9 Å². The summed E-state index contributed by atoms with van der Waals surface area (Å²) in [6.45, 7) is 13.9. The summed E-state index contributed by atoms with van der Waals surface area (Å²) < 4.78 is 7.26. The molecule has 0 saturated heterocycles. The number of aromatic nitrogens is 4. The average molecular weight is 623 g/mol. The van der Waals surface area contributed by atoms with Crippen molar-refractivity contribution in [2.24, 2.45) is 0 Å². The molecule has 5 aromatic heterocycles. The predicted octanol–water partition coefficient (Wildman–Crippen LogP) is 9.50. The fourth-order valence-electron chi connectivity index (χ4n) is 8.84. The number of benzene rings is 3. The van der Waals surface area contributed by atoms with Crippen molar-refractivity contribution in [3.05, 3.63) is 138 Å². The number of hydrogen-bond acceptors (Lipinski definition) is 1. The molecule has 2 atom stereocenters. The van der Waals surface area contributed by atoms with Crippen molar-refractivity contribution in [1.82, 2.24) is 9.38 Å². The summed E-state index contributed by atoms with van der Waals surface area (Å²) in [7, 11) is 0. The Labute approximate surface area is 280 Å².